The lowest BCUT2D eigenvalue weighted by atomic mass is 10.1. The molecule has 0 unspecified atom stereocenters. The van der Waals surface area contributed by atoms with E-state index in [1.165, 1.54) is 0 Å². The fourth-order valence-electron chi connectivity index (χ4n) is 3.10. The summed E-state index contributed by atoms with van der Waals surface area (Å²) in [6.07, 6.45) is 5.67. The number of carbonyl (C=O) groups excluding carboxylic acids is 1. The van der Waals surface area contributed by atoms with Crippen LogP contribution in [0.4, 0.5) is 0 Å². The van der Waals surface area contributed by atoms with Crippen LogP contribution in [0.25, 0.3) is 0 Å². The van der Waals surface area contributed by atoms with Gasteiger partial charge in [0, 0.05) is 19.0 Å². The molecule has 1 amide bonds. The molecule has 5 nitrogen and oxygen atoms in total. The van der Waals surface area contributed by atoms with Crippen LogP contribution in [0.1, 0.15) is 51.9 Å². The second kappa shape index (κ2) is 6.37. The van der Waals surface area contributed by atoms with Gasteiger partial charge >= 0.3 is 5.97 Å². The highest BCUT2D eigenvalue weighted by Gasteiger charge is 2.31. The quantitative estimate of drug-likeness (QED) is 0.826. The standard InChI is InChI=1S/C14H23NO4/c1-10-4-5-12(19-10)6-7-13(16)15-8-2-3-11(15)9-14(17)18/h10-12H,2-9H2,1H3,(H,17,18)/t10-,11+,12+/m1/s1. The van der Waals surface area contributed by atoms with Gasteiger partial charge in [0.05, 0.1) is 18.6 Å². The Morgan fingerprint density at radius 3 is 2.74 bits per heavy atom. The Morgan fingerprint density at radius 1 is 1.32 bits per heavy atom. The first kappa shape index (κ1) is 14.3. The van der Waals surface area contributed by atoms with Gasteiger partial charge in [0.1, 0.15) is 0 Å². The number of carbonyl (C=O) groups is 2. The summed E-state index contributed by atoms with van der Waals surface area (Å²) in [5, 5.41) is 8.85. The van der Waals surface area contributed by atoms with Crippen molar-refractivity contribution in [1.29, 1.82) is 0 Å². The molecule has 3 atom stereocenters. The first-order chi connectivity index (χ1) is 9.06. The zero-order valence-corrected chi connectivity index (χ0v) is 11.5. The van der Waals surface area contributed by atoms with E-state index in [9.17, 15) is 9.59 Å². The molecular weight excluding hydrogens is 246 g/mol. The van der Waals surface area contributed by atoms with Crippen LogP contribution in [-0.2, 0) is 14.3 Å². The summed E-state index contributed by atoms with van der Waals surface area (Å²) in [6.45, 7) is 2.77. The average molecular weight is 269 g/mol. The number of hydrogen-bond donors (Lipinski definition) is 1. The summed E-state index contributed by atoms with van der Waals surface area (Å²) >= 11 is 0. The van der Waals surface area contributed by atoms with Gasteiger partial charge in [0.15, 0.2) is 0 Å². The smallest absolute Gasteiger partial charge is 0.305 e. The number of ether oxygens (including phenoxy) is 1. The lowest BCUT2D eigenvalue weighted by molar-refractivity contribution is -0.140. The number of carboxylic acids is 1. The lowest BCUT2D eigenvalue weighted by Gasteiger charge is -2.24. The molecular formula is C14H23NO4. The molecule has 0 saturated carbocycles. The SMILES string of the molecule is C[C@@H]1CC[C@@H](CCC(=O)N2CCC[C@H]2CC(=O)O)O1. The van der Waals surface area contributed by atoms with E-state index in [0.29, 0.717) is 19.1 Å². The summed E-state index contributed by atoms with van der Waals surface area (Å²) in [7, 11) is 0. The molecule has 19 heavy (non-hydrogen) atoms. The third-order valence-corrected chi connectivity index (χ3v) is 4.11. The molecule has 2 aliphatic rings. The van der Waals surface area contributed by atoms with Crippen LogP contribution in [0.5, 0.6) is 0 Å². The number of rotatable bonds is 5. The molecule has 2 saturated heterocycles. The van der Waals surface area contributed by atoms with E-state index in [1.807, 2.05) is 0 Å². The van der Waals surface area contributed by atoms with E-state index in [1.54, 1.807) is 4.90 Å². The van der Waals surface area contributed by atoms with E-state index >= 15 is 0 Å². The minimum atomic E-state index is -0.822. The zero-order valence-electron chi connectivity index (χ0n) is 11.5. The number of hydrogen-bond acceptors (Lipinski definition) is 3. The van der Waals surface area contributed by atoms with Crippen molar-refractivity contribution in [3.05, 3.63) is 0 Å². The van der Waals surface area contributed by atoms with E-state index < -0.39 is 5.97 Å². The van der Waals surface area contributed by atoms with Crippen molar-refractivity contribution < 1.29 is 19.4 Å². The van der Waals surface area contributed by atoms with Crippen LogP contribution in [0, 0.1) is 0 Å². The van der Waals surface area contributed by atoms with Crippen LogP contribution >= 0.6 is 0 Å². The van der Waals surface area contributed by atoms with Gasteiger partial charge in [-0.25, -0.2) is 0 Å². The van der Waals surface area contributed by atoms with Crippen LogP contribution in [-0.4, -0.2) is 46.7 Å². The van der Waals surface area contributed by atoms with E-state index in [0.717, 1.165) is 32.1 Å². The van der Waals surface area contributed by atoms with Crippen molar-refractivity contribution in [2.45, 2.75) is 70.1 Å². The maximum Gasteiger partial charge on any atom is 0.305 e. The van der Waals surface area contributed by atoms with Gasteiger partial charge in [-0.2, -0.15) is 0 Å². The molecule has 0 spiro atoms. The number of carboxylic acid groups (broad SMARTS) is 1. The summed E-state index contributed by atoms with van der Waals surface area (Å²) in [5.74, 6) is -0.732. The van der Waals surface area contributed by atoms with Crippen molar-refractivity contribution >= 4 is 11.9 Å². The summed E-state index contributed by atoms with van der Waals surface area (Å²) in [6, 6.07) is -0.103. The molecule has 1 N–H and O–H groups in total. The van der Waals surface area contributed by atoms with Gasteiger partial charge in [-0.3, -0.25) is 9.59 Å². The fourth-order valence-corrected chi connectivity index (χ4v) is 3.10. The van der Waals surface area contributed by atoms with Crippen LogP contribution < -0.4 is 0 Å². The summed E-state index contributed by atoms with van der Waals surface area (Å²) < 4.78 is 5.70. The third kappa shape index (κ3) is 3.93. The highest BCUT2D eigenvalue weighted by Crippen LogP contribution is 2.25. The maximum absolute atomic E-state index is 12.2. The molecule has 2 fully saturated rings. The van der Waals surface area contributed by atoms with Gasteiger partial charge < -0.3 is 14.7 Å². The van der Waals surface area contributed by atoms with Gasteiger partial charge in [-0.1, -0.05) is 0 Å². The Hall–Kier alpha value is -1.10. The second-order valence-corrected chi connectivity index (χ2v) is 5.67. The first-order valence-electron chi connectivity index (χ1n) is 7.23. The lowest BCUT2D eigenvalue weighted by Crippen LogP contribution is -2.37. The highest BCUT2D eigenvalue weighted by molar-refractivity contribution is 5.78. The predicted molar refractivity (Wildman–Crippen MR) is 69.8 cm³/mol. The molecule has 5 heteroatoms. The molecule has 0 bridgehead atoms. The molecule has 0 aromatic rings. The third-order valence-electron chi connectivity index (χ3n) is 4.11. The van der Waals surface area contributed by atoms with E-state index in [2.05, 4.69) is 6.92 Å². The van der Waals surface area contributed by atoms with Gasteiger partial charge in [0.25, 0.3) is 0 Å². The van der Waals surface area contributed by atoms with Crippen molar-refractivity contribution in [1.82, 2.24) is 4.90 Å². The van der Waals surface area contributed by atoms with Gasteiger partial charge in [-0.05, 0) is 39.0 Å². The van der Waals surface area contributed by atoms with Crippen molar-refractivity contribution in [2.24, 2.45) is 0 Å². The molecule has 0 radical (unpaired) electrons. The summed E-state index contributed by atoms with van der Waals surface area (Å²) in [4.78, 5) is 24.7. The van der Waals surface area contributed by atoms with Crippen molar-refractivity contribution in [3.63, 3.8) is 0 Å². The van der Waals surface area contributed by atoms with E-state index in [-0.39, 0.29) is 24.5 Å². The van der Waals surface area contributed by atoms with Gasteiger partial charge in [0.2, 0.25) is 5.91 Å². The molecule has 2 aliphatic heterocycles. The van der Waals surface area contributed by atoms with Crippen molar-refractivity contribution in [2.75, 3.05) is 6.54 Å². The average Bonchev–Trinajstić information content (AvgIpc) is 2.94. The number of likely N-dealkylation sites (tertiary alicyclic amines) is 1. The maximum atomic E-state index is 12.2. The molecule has 0 aromatic carbocycles. The first-order valence-corrected chi connectivity index (χ1v) is 7.23. The van der Waals surface area contributed by atoms with Crippen LogP contribution in [0.3, 0.4) is 0 Å². The number of nitrogens with zero attached hydrogens (tertiary/aromatic N) is 1. The Kier molecular flexibility index (Phi) is 4.80. The highest BCUT2D eigenvalue weighted by atomic mass is 16.5. The number of aliphatic carboxylic acids is 1. The van der Waals surface area contributed by atoms with Crippen LogP contribution in [0.2, 0.25) is 0 Å². The Bertz CT molecular complexity index is 344. The fraction of sp³-hybridized carbons (Fsp3) is 0.857. The minimum absolute atomic E-state index is 0.0721. The number of amides is 1. The Balaban J connectivity index is 1.77. The topological polar surface area (TPSA) is 66.8 Å². The molecule has 0 aromatic heterocycles. The zero-order chi connectivity index (χ0) is 13.8. The van der Waals surface area contributed by atoms with Crippen LogP contribution in [0.15, 0.2) is 0 Å². The van der Waals surface area contributed by atoms with E-state index in [4.69, 9.17) is 9.84 Å². The second-order valence-electron chi connectivity index (χ2n) is 5.67. The molecule has 2 heterocycles. The molecule has 0 aliphatic carbocycles. The Morgan fingerprint density at radius 2 is 2.11 bits per heavy atom. The predicted octanol–water partition coefficient (Wildman–Crippen LogP) is 1.80. The molecule has 2 rings (SSSR count). The van der Waals surface area contributed by atoms with Crippen molar-refractivity contribution in [3.8, 4) is 0 Å². The largest absolute Gasteiger partial charge is 0.481 e. The normalized spacial score (nSPS) is 30.8. The molecule has 108 valence electrons. The minimum Gasteiger partial charge on any atom is -0.481 e. The monoisotopic (exact) mass is 269 g/mol. The Labute approximate surface area is 113 Å². The summed E-state index contributed by atoms with van der Waals surface area (Å²) in [5.41, 5.74) is 0. The van der Waals surface area contributed by atoms with Gasteiger partial charge in [-0.15, -0.1) is 0 Å².